The molecule has 0 N–H and O–H groups in total. The van der Waals surface area contributed by atoms with E-state index in [-0.39, 0.29) is 21.7 Å². The van der Waals surface area contributed by atoms with E-state index in [1.807, 2.05) is 0 Å². The Hall–Kier alpha value is -3.14. The molecule has 4 nitrogen and oxygen atoms in total. The molecule has 4 bridgehead atoms. The number of rotatable bonds is 3. The molecule has 4 atom stereocenters. The Labute approximate surface area is 226 Å². The van der Waals surface area contributed by atoms with Gasteiger partial charge in [0.05, 0.1) is 22.8 Å². The minimum Gasteiger partial charge on any atom is -0.236 e. The van der Waals surface area contributed by atoms with Gasteiger partial charge >= 0.3 is 0 Å². The number of para-hydroxylation sites is 2. The van der Waals surface area contributed by atoms with E-state index >= 15 is 0 Å². The van der Waals surface area contributed by atoms with E-state index < -0.39 is 0 Å². The van der Waals surface area contributed by atoms with Crippen molar-refractivity contribution in [1.82, 2.24) is 19.6 Å². The Morgan fingerprint density at radius 1 is 0.579 bits per heavy atom. The molecule has 2 fully saturated rings. The van der Waals surface area contributed by atoms with Crippen LogP contribution < -0.4 is 0 Å². The van der Waals surface area contributed by atoms with Crippen LogP contribution >= 0.6 is 0 Å². The number of nitrogens with zero attached hydrogens (tertiary/aromatic N) is 4. The van der Waals surface area contributed by atoms with Crippen molar-refractivity contribution in [2.24, 2.45) is 10.8 Å². The summed E-state index contributed by atoms with van der Waals surface area (Å²) in [7, 11) is 0. The van der Waals surface area contributed by atoms with Crippen molar-refractivity contribution < 1.29 is 0 Å². The van der Waals surface area contributed by atoms with E-state index in [4.69, 9.17) is 10.2 Å². The molecular weight excluding hydrogens is 464 g/mol. The topological polar surface area (TPSA) is 35.6 Å². The highest BCUT2D eigenvalue weighted by molar-refractivity contribution is 5.74. The molecule has 2 aromatic carbocycles. The van der Waals surface area contributed by atoms with Crippen molar-refractivity contribution in [3.63, 3.8) is 0 Å². The van der Waals surface area contributed by atoms with Gasteiger partial charge in [0.25, 0.3) is 0 Å². The molecule has 4 aliphatic carbocycles. The quantitative estimate of drug-likeness (QED) is 0.284. The zero-order valence-electron chi connectivity index (χ0n) is 23.5. The van der Waals surface area contributed by atoms with Gasteiger partial charge in [-0.05, 0) is 72.6 Å². The lowest BCUT2D eigenvalue weighted by Crippen LogP contribution is -2.33. The number of benzene rings is 2. The van der Waals surface area contributed by atoms with Crippen LogP contribution in [0.5, 0.6) is 0 Å². The highest BCUT2D eigenvalue weighted by Gasteiger charge is 2.65. The second-order valence-corrected chi connectivity index (χ2v) is 14.0. The summed E-state index contributed by atoms with van der Waals surface area (Å²) >= 11 is 0. The lowest BCUT2D eigenvalue weighted by Gasteiger charge is -2.35. The van der Waals surface area contributed by atoms with Crippen molar-refractivity contribution in [3.05, 3.63) is 83.2 Å². The van der Waals surface area contributed by atoms with Crippen LogP contribution in [-0.4, -0.2) is 19.6 Å². The summed E-state index contributed by atoms with van der Waals surface area (Å²) in [5, 5.41) is 11.0. The molecule has 0 amide bonds. The maximum Gasteiger partial charge on any atom is 0.117 e. The van der Waals surface area contributed by atoms with E-state index in [2.05, 4.69) is 112 Å². The van der Waals surface area contributed by atoms with Gasteiger partial charge in [0.2, 0.25) is 0 Å². The number of aromatic nitrogens is 4. The fourth-order valence-corrected chi connectivity index (χ4v) is 9.30. The summed E-state index contributed by atoms with van der Waals surface area (Å²) in [6.07, 6.45) is 4.91. The van der Waals surface area contributed by atoms with Crippen LogP contribution in [0.25, 0.3) is 22.8 Å². The summed E-state index contributed by atoms with van der Waals surface area (Å²) in [6.45, 7) is 14.9. The standard InChI is InChI=1S/C34H38N4/c1-31(2)23-17-19-33(31,5)29-25(23)27(35-37(29)21-13-9-7-10-14-21)28-26-24-18-20-34(6,32(24,3)4)30(26)38(36-28)22-15-11-8-12-16-22/h7-16,23-24H,17-20H2,1-6H3. The van der Waals surface area contributed by atoms with Gasteiger partial charge in [-0.3, -0.25) is 0 Å². The maximum absolute atomic E-state index is 5.50. The lowest BCUT2D eigenvalue weighted by molar-refractivity contribution is 0.221. The molecule has 194 valence electrons. The molecule has 4 aliphatic rings. The van der Waals surface area contributed by atoms with Crippen molar-refractivity contribution in [2.75, 3.05) is 0 Å². The SMILES string of the molecule is CC12CCC(c3c(-c4nn(-c5ccccc5)c5c4C4CCC5(C)C4(C)C)nn(-c4ccccc4)c31)C2(C)C. The van der Waals surface area contributed by atoms with Gasteiger partial charge in [0.15, 0.2) is 0 Å². The molecule has 38 heavy (non-hydrogen) atoms. The highest BCUT2D eigenvalue weighted by Crippen LogP contribution is 2.72. The zero-order valence-corrected chi connectivity index (χ0v) is 23.5. The van der Waals surface area contributed by atoms with Crippen LogP contribution in [0.15, 0.2) is 60.7 Å². The van der Waals surface area contributed by atoms with E-state index in [1.165, 1.54) is 48.2 Å². The predicted octanol–water partition coefficient (Wildman–Crippen LogP) is 8.07. The molecule has 4 unspecified atom stereocenters. The smallest absolute Gasteiger partial charge is 0.117 e. The summed E-state index contributed by atoms with van der Waals surface area (Å²) in [5.74, 6) is 1.02. The van der Waals surface area contributed by atoms with Gasteiger partial charge in [-0.15, -0.1) is 0 Å². The number of hydrogen-bond donors (Lipinski definition) is 0. The Morgan fingerprint density at radius 3 is 1.32 bits per heavy atom. The van der Waals surface area contributed by atoms with Crippen LogP contribution in [0.1, 0.15) is 102 Å². The summed E-state index contributed by atoms with van der Waals surface area (Å²) in [4.78, 5) is 0. The van der Waals surface area contributed by atoms with Crippen molar-refractivity contribution in [1.29, 1.82) is 0 Å². The molecule has 0 aliphatic heterocycles. The first-order chi connectivity index (χ1) is 18.1. The van der Waals surface area contributed by atoms with Gasteiger partial charge in [-0.25, -0.2) is 9.36 Å². The van der Waals surface area contributed by atoms with Crippen LogP contribution in [-0.2, 0) is 10.8 Å². The van der Waals surface area contributed by atoms with Gasteiger partial charge in [-0.2, -0.15) is 10.2 Å². The van der Waals surface area contributed by atoms with E-state index in [0.717, 1.165) is 22.8 Å². The molecule has 4 heteroatoms. The Morgan fingerprint density at radius 2 is 0.947 bits per heavy atom. The first-order valence-corrected chi connectivity index (χ1v) is 14.5. The number of hydrogen-bond acceptors (Lipinski definition) is 2. The summed E-state index contributed by atoms with van der Waals surface area (Å²) < 4.78 is 4.58. The lowest BCUT2D eigenvalue weighted by atomic mass is 9.70. The highest BCUT2D eigenvalue weighted by atomic mass is 15.3. The molecule has 2 saturated carbocycles. The molecule has 0 spiro atoms. The molecule has 2 heterocycles. The first-order valence-electron chi connectivity index (χ1n) is 14.5. The van der Waals surface area contributed by atoms with E-state index in [9.17, 15) is 0 Å². The fraction of sp³-hybridized carbons (Fsp3) is 0.471. The van der Waals surface area contributed by atoms with Crippen LogP contribution in [0.3, 0.4) is 0 Å². The normalized spacial score (nSPS) is 31.1. The molecule has 0 radical (unpaired) electrons. The van der Waals surface area contributed by atoms with Gasteiger partial charge in [0, 0.05) is 22.0 Å². The summed E-state index contributed by atoms with van der Waals surface area (Å²) in [5.41, 5.74) is 11.0. The van der Waals surface area contributed by atoms with Gasteiger partial charge in [-0.1, -0.05) is 77.9 Å². The van der Waals surface area contributed by atoms with Gasteiger partial charge in [0.1, 0.15) is 11.4 Å². The minimum atomic E-state index is 0.101. The molecule has 8 rings (SSSR count). The molecular formula is C34H38N4. The van der Waals surface area contributed by atoms with Crippen molar-refractivity contribution >= 4 is 0 Å². The van der Waals surface area contributed by atoms with Gasteiger partial charge < -0.3 is 0 Å². The first kappa shape index (κ1) is 22.8. The number of fused-ring (bicyclic) bond motifs is 10. The van der Waals surface area contributed by atoms with E-state index in [0.29, 0.717) is 11.8 Å². The molecule has 4 aromatic rings. The maximum atomic E-state index is 5.50. The minimum absolute atomic E-state index is 0.101. The fourth-order valence-electron chi connectivity index (χ4n) is 9.30. The third kappa shape index (κ3) is 2.36. The zero-order chi connectivity index (χ0) is 26.2. The molecule has 0 saturated heterocycles. The van der Waals surface area contributed by atoms with Crippen molar-refractivity contribution in [2.45, 2.75) is 89.9 Å². The largest absolute Gasteiger partial charge is 0.236 e. The Kier molecular flexibility index (Phi) is 4.13. The molecule has 2 aromatic heterocycles. The van der Waals surface area contributed by atoms with Crippen molar-refractivity contribution in [3.8, 4) is 22.8 Å². The predicted molar refractivity (Wildman–Crippen MR) is 152 cm³/mol. The average Bonchev–Trinajstić information content (AvgIpc) is 3.67. The summed E-state index contributed by atoms with van der Waals surface area (Å²) in [6, 6.07) is 21.6. The average molecular weight is 503 g/mol. The third-order valence-corrected chi connectivity index (χ3v) is 12.3. The van der Waals surface area contributed by atoms with Crippen LogP contribution in [0.2, 0.25) is 0 Å². The van der Waals surface area contributed by atoms with E-state index in [1.54, 1.807) is 0 Å². The second-order valence-electron chi connectivity index (χ2n) is 14.0. The van der Waals surface area contributed by atoms with Crippen LogP contribution in [0, 0.1) is 10.8 Å². The Bertz CT molecular complexity index is 1480. The monoisotopic (exact) mass is 502 g/mol. The van der Waals surface area contributed by atoms with Crippen LogP contribution in [0.4, 0.5) is 0 Å². The third-order valence-electron chi connectivity index (χ3n) is 12.3. The second kappa shape index (κ2) is 6.89. The Balaban J connectivity index is 1.46.